The molecule has 6 heteroatoms. The van der Waals surface area contributed by atoms with Crippen molar-refractivity contribution in [3.63, 3.8) is 0 Å². The molecule has 0 aliphatic heterocycles. The predicted octanol–water partition coefficient (Wildman–Crippen LogP) is 2.08. The summed E-state index contributed by atoms with van der Waals surface area (Å²) in [5, 5.41) is 20.3. The van der Waals surface area contributed by atoms with Crippen LogP contribution in [0.4, 0.5) is 5.69 Å². The molecule has 0 unspecified atom stereocenters. The van der Waals surface area contributed by atoms with Gasteiger partial charge in [0.25, 0.3) is 5.69 Å². The molecule has 6 nitrogen and oxygen atoms in total. The predicted molar refractivity (Wildman–Crippen MR) is 73.5 cm³/mol. The second-order valence-corrected chi connectivity index (χ2v) is 4.42. The summed E-state index contributed by atoms with van der Waals surface area (Å²) in [5.74, 6) is 1.55. The minimum absolute atomic E-state index is 0.0556. The number of hydrogen-bond donors (Lipinski definition) is 1. The molecule has 0 amide bonds. The number of aliphatic carboxylic acids is 1. The van der Waals surface area contributed by atoms with E-state index in [1.54, 1.807) is 17.8 Å². The van der Waals surface area contributed by atoms with Gasteiger partial charge in [-0.05, 0) is 18.1 Å². The van der Waals surface area contributed by atoms with Gasteiger partial charge in [-0.15, -0.1) is 6.42 Å². The van der Waals surface area contributed by atoms with Gasteiger partial charge in [0.15, 0.2) is 0 Å². The van der Waals surface area contributed by atoms with E-state index in [9.17, 15) is 14.9 Å². The van der Waals surface area contributed by atoms with E-state index in [0.717, 1.165) is 0 Å². The molecule has 1 aromatic carbocycles. The molecule has 20 heavy (non-hydrogen) atoms. The van der Waals surface area contributed by atoms with Crippen molar-refractivity contribution in [2.24, 2.45) is 7.05 Å². The SMILES string of the molecule is C#Cc1ccc([N+](=O)[O-])c2c(CCC(=O)O)cn(C)c12. The Balaban J connectivity index is 2.73. The van der Waals surface area contributed by atoms with Crippen molar-refractivity contribution >= 4 is 22.6 Å². The molecule has 2 aromatic rings. The fourth-order valence-electron chi connectivity index (χ4n) is 2.33. The highest BCUT2D eigenvalue weighted by molar-refractivity contribution is 5.96. The third-order valence-corrected chi connectivity index (χ3v) is 3.14. The van der Waals surface area contributed by atoms with E-state index in [-0.39, 0.29) is 18.5 Å². The Morgan fingerprint density at radius 2 is 2.25 bits per heavy atom. The number of fused-ring (bicyclic) bond motifs is 1. The number of aryl methyl sites for hydroxylation is 2. The van der Waals surface area contributed by atoms with Gasteiger partial charge in [-0.1, -0.05) is 5.92 Å². The Hall–Kier alpha value is -2.81. The maximum atomic E-state index is 11.1. The largest absolute Gasteiger partial charge is 0.481 e. The fraction of sp³-hybridized carbons (Fsp3) is 0.214. The summed E-state index contributed by atoms with van der Waals surface area (Å²) < 4.78 is 1.70. The van der Waals surface area contributed by atoms with Crippen molar-refractivity contribution in [3.05, 3.63) is 39.6 Å². The van der Waals surface area contributed by atoms with E-state index < -0.39 is 10.9 Å². The van der Waals surface area contributed by atoms with Crippen LogP contribution in [0.15, 0.2) is 18.3 Å². The normalized spacial score (nSPS) is 10.4. The first kappa shape index (κ1) is 13.6. The summed E-state index contributed by atoms with van der Waals surface area (Å²) in [7, 11) is 1.73. The number of benzene rings is 1. The highest BCUT2D eigenvalue weighted by Crippen LogP contribution is 2.33. The summed E-state index contributed by atoms with van der Waals surface area (Å²) in [6.07, 6.45) is 7.25. The molecule has 0 spiro atoms. The van der Waals surface area contributed by atoms with Gasteiger partial charge in [0, 0.05) is 31.3 Å². The molecule has 0 fully saturated rings. The molecule has 0 radical (unpaired) electrons. The number of aromatic nitrogens is 1. The van der Waals surface area contributed by atoms with Gasteiger partial charge in [0.2, 0.25) is 0 Å². The number of nitro groups is 1. The lowest BCUT2D eigenvalue weighted by atomic mass is 10.0. The number of terminal acetylenes is 1. The van der Waals surface area contributed by atoms with Crippen LogP contribution in [0.3, 0.4) is 0 Å². The smallest absolute Gasteiger partial charge is 0.303 e. The summed E-state index contributed by atoms with van der Waals surface area (Å²) in [6.45, 7) is 0. The molecule has 1 heterocycles. The quantitative estimate of drug-likeness (QED) is 0.524. The maximum Gasteiger partial charge on any atom is 0.303 e. The second-order valence-electron chi connectivity index (χ2n) is 4.42. The van der Waals surface area contributed by atoms with Crippen molar-refractivity contribution in [1.82, 2.24) is 4.57 Å². The Morgan fingerprint density at radius 3 is 2.80 bits per heavy atom. The van der Waals surface area contributed by atoms with Crippen molar-refractivity contribution in [2.75, 3.05) is 0 Å². The van der Waals surface area contributed by atoms with Crippen molar-refractivity contribution < 1.29 is 14.8 Å². The Bertz CT molecular complexity index is 753. The lowest BCUT2D eigenvalue weighted by Crippen LogP contribution is -1.98. The molecule has 0 atom stereocenters. The Morgan fingerprint density at radius 1 is 1.55 bits per heavy atom. The topological polar surface area (TPSA) is 85.4 Å². The summed E-state index contributed by atoms with van der Waals surface area (Å²) in [6, 6.07) is 2.89. The number of nitro benzene ring substituents is 1. The number of carboxylic acids is 1. The number of carbonyl (C=O) groups is 1. The van der Waals surface area contributed by atoms with E-state index in [1.165, 1.54) is 12.1 Å². The van der Waals surface area contributed by atoms with Gasteiger partial charge in [-0.2, -0.15) is 0 Å². The number of nitrogens with zero attached hydrogens (tertiary/aromatic N) is 2. The molecule has 0 saturated heterocycles. The van der Waals surface area contributed by atoms with Crippen LogP contribution in [-0.4, -0.2) is 20.6 Å². The highest BCUT2D eigenvalue weighted by Gasteiger charge is 2.21. The van der Waals surface area contributed by atoms with Gasteiger partial charge in [-0.25, -0.2) is 0 Å². The summed E-state index contributed by atoms with van der Waals surface area (Å²) >= 11 is 0. The van der Waals surface area contributed by atoms with Gasteiger partial charge < -0.3 is 9.67 Å². The molecule has 0 bridgehead atoms. The molecule has 1 aromatic heterocycles. The Kier molecular flexibility index (Phi) is 3.44. The number of hydrogen-bond acceptors (Lipinski definition) is 3. The third-order valence-electron chi connectivity index (χ3n) is 3.14. The van der Waals surface area contributed by atoms with Crippen molar-refractivity contribution in [2.45, 2.75) is 12.8 Å². The second kappa shape index (κ2) is 5.05. The van der Waals surface area contributed by atoms with E-state index in [4.69, 9.17) is 11.5 Å². The average Bonchev–Trinajstić information content (AvgIpc) is 2.73. The van der Waals surface area contributed by atoms with Crippen LogP contribution >= 0.6 is 0 Å². The van der Waals surface area contributed by atoms with Gasteiger partial charge in [0.1, 0.15) is 0 Å². The standard InChI is InChI=1S/C14H12N2O4/c1-3-9-4-6-11(16(19)20)13-10(5-7-12(17)18)8-15(2)14(9)13/h1,4,6,8H,5,7H2,2H3,(H,17,18). The van der Waals surface area contributed by atoms with E-state index in [0.29, 0.717) is 22.0 Å². The van der Waals surface area contributed by atoms with Gasteiger partial charge in [0.05, 0.1) is 15.8 Å². The minimum atomic E-state index is -0.947. The minimum Gasteiger partial charge on any atom is -0.481 e. The Labute approximate surface area is 114 Å². The lowest BCUT2D eigenvalue weighted by molar-refractivity contribution is -0.383. The van der Waals surface area contributed by atoms with Crippen LogP contribution in [0.1, 0.15) is 17.5 Å². The van der Waals surface area contributed by atoms with Crippen molar-refractivity contribution in [3.8, 4) is 12.3 Å². The molecule has 0 aliphatic carbocycles. The van der Waals surface area contributed by atoms with Crippen LogP contribution in [0.5, 0.6) is 0 Å². The third kappa shape index (κ3) is 2.21. The molecule has 0 aliphatic rings. The van der Waals surface area contributed by atoms with Gasteiger partial charge >= 0.3 is 5.97 Å². The van der Waals surface area contributed by atoms with E-state index >= 15 is 0 Å². The fourth-order valence-corrected chi connectivity index (χ4v) is 2.33. The average molecular weight is 272 g/mol. The number of rotatable bonds is 4. The molecular formula is C14H12N2O4. The molecule has 0 saturated carbocycles. The molecule has 2 rings (SSSR count). The zero-order chi connectivity index (χ0) is 14.9. The first-order valence-electron chi connectivity index (χ1n) is 5.89. The first-order chi connectivity index (χ1) is 9.45. The highest BCUT2D eigenvalue weighted by atomic mass is 16.6. The molecule has 1 N–H and O–H groups in total. The van der Waals surface area contributed by atoms with E-state index in [2.05, 4.69) is 5.92 Å². The number of non-ortho nitro benzene ring substituents is 1. The van der Waals surface area contributed by atoms with Crippen LogP contribution in [-0.2, 0) is 18.3 Å². The van der Waals surface area contributed by atoms with Crippen LogP contribution in [0.25, 0.3) is 10.9 Å². The van der Waals surface area contributed by atoms with Crippen LogP contribution < -0.4 is 0 Å². The van der Waals surface area contributed by atoms with Crippen LogP contribution in [0, 0.1) is 22.5 Å². The van der Waals surface area contributed by atoms with Crippen molar-refractivity contribution in [1.29, 1.82) is 0 Å². The lowest BCUT2D eigenvalue weighted by Gasteiger charge is -2.02. The summed E-state index contributed by atoms with van der Waals surface area (Å²) in [5.41, 5.74) is 1.70. The monoisotopic (exact) mass is 272 g/mol. The number of carboxylic acid groups (broad SMARTS) is 1. The molecule has 102 valence electrons. The summed E-state index contributed by atoms with van der Waals surface area (Å²) in [4.78, 5) is 21.3. The first-order valence-corrected chi connectivity index (χ1v) is 5.89. The zero-order valence-corrected chi connectivity index (χ0v) is 10.8. The van der Waals surface area contributed by atoms with Crippen LogP contribution in [0.2, 0.25) is 0 Å². The van der Waals surface area contributed by atoms with Gasteiger partial charge in [-0.3, -0.25) is 14.9 Å². The van der Waals surface area contributed by atoms with E-state index in [1.807, 2.05) is 0 Å². The zero-order valence-electron chi connectivity index (χ0n) is 10.8. The molecular weight excluding hydrogens is 260 g/mol. The maximum absolute atomic E-state index is 11.1.